The van der Waals surface area contributed by atoms with Crippen LogP contribution < -0.4 is 4.98 Å². The summed E-state index contributed by atoms with van der Waals surface area (Å²) in [4.78, 5) is 14.9. The second-order valence-electron chi connectivity index (χ2n) is 6.07. The molecule has 0 fully saturated rings. The molecule has 0 bridgehead atoms. The smallest absolute Gasteiger partial charge is 0.238 e. The number of carbonyl (C=O) groups is 1. The van der Waals surface area contributed by atoms with Crippen LogP contribution in [0.1, 0.15) is 52.9 Å². The Bertz CT molecular complexity index is 274. The standard InChI is InChI=1S/C15H31NOSi/c1-7-9-10-14(8-2)11-12-18(5,6)16-15(17)13(3)4/h14H,3,7-12H2,1-2,4-6H3,(H,16,17). The Hall–Kier alpha value is -0.573. The van der Waals surface area contributed by atoms with Crippen LogP contribution in [0.15, 0.2) is 12.2 Å². The Morgan fingerprint density at radius 3 is 2.33 bits per heavy atom. The van der Waals surface area contributed by atoms with Crippen molar-refractivity contribution in [1.29, 1.82) is 0 Å². The molecule has 0 heterocycles. The first-order valence-corrected chi connectivity index (χ1v) is 10.5. The molecule has 18 heavy (non-hydrogen) atoms. The van der Waals surface area contributed by atoms with Gasteiger partial charge in [-0.3, -0.25) is 4.79 Å². The normalized spacial score (nSPS) is 13.2. The highest BCUT2D eigenvalue weighted by Gasteiger charge is 2.24. The zero-order valence-electron chi connectivity index (χ0n) is 12.9. The van der Waals surface area contributed by atoms with Gasteiger partial charge in [0.25, 0.3) is 0 Å². The van der Waals surface area contributed by atoms with Gasteiger partial charge in [-0.05, 0) is 18.9 Å². The first-order chi connectivity index (χ1) is 8.32. The molecular weight excluding hydrogens is 238 g/mol. The summed E-state index contributed by atoms with van der Waals surface area (Å²) in [6.45, 7) is 14.5. The molecule has 3 heteroatoms. The summed E-state index contributed by atoms with van der Waals surface area (Å²) >= 11 is 0. The quantitative estimate of drug-likeness (QED) is 0.485. The fourth-order valence-corrected chi connectivity index (χ4v) is 4.17. The van der Waals surface area contributed by atoms with Gasteiger partial charge < -0.3 is 4.98 Å². The summed E-state index contributed by atoms with van der Waals surface area (Å²) in [5, 5.41) is 0. The maximum absolute atomic E-state index is 11.7. The van der Waals surface area contributed by atoms with Gasteiger partial charge in [-0.15, -0.1) is 0 Å². The zero-order valence-corrected chi connectivity index (χ0v) is 13.9. The Balaban J connectivity index is 4.14. The summed E-state index contributed by atoms with van der Waals surface area (Å²) in [6.07, 6.45) is 6.47. The van der Waals surface area contributed by atoms with E-state index < -0.39 is 8.24 Å². The van der Waals surface area contributed by atoms with Gasteiger partial charge in [0.15, 0.2) is 8.24 Å². The van der Waals surface area contributed by atoms with E-state index in [-0.39, 0.29) is 5.91 Å². The molecule has 0 aliphatic rings. The van der Waals surface area contributed by atoms with Crippen molar-refractivity contribution in [2.45, 2.75) is 72.0 Å². The first-order valence-electron chi connectivity index (χ1n) is 7.30. The van der Waals surface area contributed by atoms with Crippen molar-refractivity contribution in [3.63, 3.8) is 0 Å². The van der Waals surface area contributed by atoms with Crippen LogP contribution in [0.2, 0.25) is 19.1 Å². The van der Waals surface area contributed by atoms with Gasteiger partial charge in [-0.1, -0.05) is 65.6 Å². The van der Waals surface area contributed by atoms with E-state index in [1.54, 1.807) is 6.92 Å². The lowest BCUT2D eigenvalue weighted by Gasteiger charge is -2.26. The van der Waals surface area contributed by atoms with E-state index >= 15 is 0 Å². The molecule has 1 unspecified atom stereocenters. The summed E-state index contributed by atoms with van der Waals surface area (Å²) in [7, 11) is -1.61. The number of carbonyl (C=O) groups excluding carboxylic acids is 1. The van der Waals surface area contributed by atoms with Crippen molar-refractivity contribution in [1.82, 2.24) is 4.98 Å². The van der Waals surface area contributed by atoms with Crippen molar-refractivity contribution in [2.24, 2.45) is 5.92 Å². The SMILES string of the molecule is C=C(C)C(=O)N[Si](C)(C)CCC(CC)CCCC. The Labute approximate surface area is 114 Å². The third-order valence-electron chi connectivity index (χ3n) is 3.56. The topological polar surface area (TPSA) is 29.1 Å². The van der Waals surface area contributed by atoms with E-state index in [1.807, 2.05) is 0 Å². The highest BCUT2D eigenvalue weighted by Crippen LogP contribution is 2.22. The lowest BCUT2D eigenvalue weighted by molar-refractivity contribution is -0.116. The Morgan fingerprint density at radius 1 is 1.28 bits per heavy atom. The molecule has 0 saturated heterocycles. The van der Waals surface area contributed by atoms with Crippen molar-refractivity contribution in [3.8, 4) is 0 Å². The Kier molecular flexibility index (Phi) is 8.24. The summed E-state index contributed by atoms with van der Waals surface area (Å²) in [5.41, 5.74) is 0.619. The minimum Gasteiger partial charge on any atom is -0.378 e. The van der Waals surface area contributed by atoms with Gasteiger partial charge in [0.05, 0.1) is 0 Å². The molecule has 0 aromatic carbocycles. The van der Waals surface area contributed by atoms with Crippen molar-refractivity contribution in [2.75, 3.05) is 0 Å². The number of amides is 1. The van der Waals surface area contributed by atoms with Crippen molar-refractivity contribution in [3.05, 3.63) is 12.2 Å². The molecule has 0 radical (unpaired) electrons. The molecule has 0 aromatic rings. The van der Waals surface area contributed by atoms with Crippen LogP contribution in [0.3, 0.4) is 0 Å². The highest BCUT2D eigenvalue weighted by molar-refractivity contribution is 6.77. The number of rotatable bonds is 9. The van der Waals surface area contributed by atoms with E-state index in [0.717, 1.165) is 5.92 Å². The highest BCUT2D eigenvalue weighted by atomic mass is 28.3. The van der Waals surface area contributed by atoms with Gasteiger partial charge >= 0.3 is 0 Å². The Morgan fingerprint density at radius 2 is 1.89 bits per heavy atom. The van der Waals surface area contributed by atoms with Crippen LogP contribution in [0.5, 0.6) is 0 Å². The molecule has 0 aliphatic carbocycles. The minimum atomic E-state index is -1.61. The monoisotopic (exact) mass is 269 g/mol. The summed E-state index contributed by atoms with van der Waals surface area (Å²) in [5.74, 6) is 0.867. The third-order valence-corrected chi connectivity index (χ3v) is 6.00. The average molecular weight is 270 g/mol. The fourth-order valence-electron chi connectivity index (χ4n) is 2.09. The molecule has 1 amide bonds. The zero-order chi connectivity index (χ0) is 14.2. The van der Waals surface area contributed by atoms with Crippen molar-refractivity contribution < 1.29 is 4.79 Å². The first kappa shape index (κ1) is 17.4. The molecule has 0 rings (SSSR count). The van der Waals surface area contributed by atoms with Crippen LogP contribution in [-0.2, 0) is 4.79 Å². The average Bonchev–Trinajstić information content (AvgIpc) is 2.28. The van der Waals surface area contributed by atoms with Crippen LogP contribution >= 0.6 is 0 Å². The minimum absolute atomic E-state index is 0.0354. The number of unbranched alkanes of at least 4 members (excludes halogenated alkanes) is 1. The molecular formula is C15H31NOSi. The van der Waals surface area contributed by atoms with Gasteiger partial charge in [-0.2, -0.15) is 0 Å². The largest absolute Gasteiger partial charge is 0.378 e. The molecule has 2 nitrogen and oxygen atoms in total. The van der Waals surface area contributed by atoms with Crippen LogP contribution in [0.4, 0.5) is 0 Å². The van der Waals surface area contributed by atoms with Gasteiger partial charge in [-0.25, -0.2) is 0 Å². The number of nitrogens with one attached hydrogen (secondary N) is 1. The van der Waals surface area contributed by atoms with E-state index in [0.29, 0.717) is 5.57 Å². The van der Waals surface area contributed by atoms with Crippen LogP contribution in [0, 0.1) is 5.92 Å². The predicted octanol–water partition coefficient (Wildman–Crippen LogP) is 4.49. The van der Waals surface area contributed by atoms with Crippen LogP contribution in [-0.4, -0.2) is 14.1 Å². The summed E-state index contributed by atoms with van der Waals surface area (Å²) < 4.78 is 0. The third kappa shape index (κ3) is 7.70. The lowest BCUT2D eigenvalue weighted by Crippen LogP contribution is -2.48. The molecule has 0 saturated carbocycles. The van der Waals surface area contributed by atoms with Gasteiger partial charge in [0.2, 0.25) is 5.91 Å². The molecule has 0 spiro atoms. The van der Waals surface area contributed by atoms with E-state index in [4.69, 9.17) is 0 Å². The maximum atomic E-state index is 11.7. The predicted molar refractivity (Wildman–Crippen MR) is 83.2 cm³/mol. The summed E-state index contributed by atoms with van der Waals surface area (Å²) in [6, 6.07) is 1.17. The second kappa shape index (κ2) is 8.52. The van der Waals surface area contributed by atoms with Crippen LogP contribution in [0.25, 0.3) is 0 Å². The molecule has 0 aliphatic heterocycles. The number of hydrogen-bond acceptors (Lipinski definition) is 1. The van der Waals surface area contributed by atoms with E-state index in [9.17, 15) is 4.79 Å². The molecule has 1 atom stereocenters. The molecule has 0 aromatic heterocycles. The van der Waals surface area contributed by atoms with Crippen molar-refractivity contribution >= 4 is 14.1 Å². The molecule has 1 N–H and O–H groups in total. The van der Waals surface area contributed by atoms with Gasteiger partial charge in [0.1, 0.15) is 0 Å². The maximum Gasteiger partial charge on any atom is 0.238 e. The fraction of sp³-hybridized carbons (Fsp3) is 0.800. The number of hydrogen-bond donors (Lipinski definition) is 1. The van der Waals surface area contributed by atoms with E-state index in [1.165, 1.54) is 38.1 Å². The van der Waals surface area contributed by atoms with Gasteiger partial charge in [0, 0.05) is 5.57 Å². The second-order valence-corrected chi connectivity index (χ2v) is 10.6. The lowest BCUT2D eigenvalue weighted by atomic mass is 9.97. The molecule has 106 valence electrons. The van der Waals surface area contributed by atoms with E-state index in [2.05, 4.69) is 38.5 Å².